The number of nitrogens with one attached hydrogen (secondary N) is 1. The molecule has 0 atom stereocenters. The normalized spacial score (nSPS) is 14.3. The van der Waals surface area contributed by atoms with E-state index in [0.29, 0.717) is 17.7 Å². The van der Waals surface area contributed by atoms with Gasteiger partial charge in [-0.1, -0.05) is 0 Å². The van der Waals surface area contributed by atoms with Crippen LogP contribution in [-0.2, 0) is 6.54 Å². The number of halogens is 1. The second-order valence-electron chi connectivity index (χ2n) is 5.95. The molecule has 1 fully saturated rings. The summed E-state index contributed by atoms with van der Waals surface area (Å²) < 4.78 is 13.5. The molecule has 2 aromatic heterocycles. The van der Waals surface area contributed by atoms with Gasteiger partial charge in [-0.2, -0.15) is 0 Å². The summed E-state index contributed by atoms with van der Waals surface area (Å²) >= 11 is 0. The minimum atomic E-state index is -0.291. The Balaban J connectivity index is 1.55. The van der Waals surface area contributed by atoms with Gasteiger partial charge in [-0.25, -0.2) is 19.3 Å². The summed E-state index contributed by atoms with van der Waals surface area (Å²) in [6, 6.07) is 8.61. The largest absolute Gasteiger partial charge is 0.365 e. The van der Waals surface area contributed by atoms with Crippen molar-refractivity contribution in [2.24, 2.45) is 0 Å². The van der Waals surface area contributed by atoms with Gasteiger partial charge in [-0.05, 0) is 48.7 Å². The van der Waals surface area contributed by atoms with Gasteiger partial charge in [0, 0.05) is 31.2 Å². The van der Waals surface area contributed by atoms with Crippen molar-refractivity contribution in [3.8, 4) is 0 Å². The number of aromatic nitrogens is 3. The highest BCUT2D eigenvalue weighted by Crippen LogP contribution is 2.22. The van der Waals surface area contributed by atoms with Crippen LogP contribution >= 0.6 is 0 Å². The minimum absolute atomic E-state index is 0.291. The van der Waals surface area contributed by atoms with Crippen molar-refractivity contribution in [3.63, 3.8) is 0 Å². The summed E-state index contributed by atoms with van der Waals surface area (Å²) in [4.78, 5) is 15.2. The summed E-state index contributed by atoms with van der Waals surface area (Å²) in [5.74, 6) is 1.37. The van der Waals surface area contributed by atoms with E-state index in [4.69, 9.17) is 0 Å². The van der Waals surface area contributed by atoms with E-state index in [1.165, 1.54) is 31.3 Å². The summed E-state index contributed by atoms with van der Waals surface area (Å²) in [6.07, 6.45) is 5.78. The van der Waals surface area contributed by atoms with E-state index >= 15 is 0 Å². The third-order valence-electron chi connectivity index (χ3n) is 4.30. The zero-order valence-electron chi connectivity index (χ0n) is 13.2. The maximum atomic E-state index is 13.5. The van der Waals surface area contributed by atoms with Gasteiger partial charge in [0.15, 0.2) is 0 Å². The van der Waals surface area contributed by atoms with Gasteiger partial charge in [0.05, 0.1) is 5.52 Å². The monoisotopic (exact) mass is 323 g/mol. The van der Waals surface area contributed by atoms with Crippen molar-refractivity contribution in [2.45, 2.75) is 19.4 Å². The predicted octanol–water partition coefficient (Wildman–Crippen LogP) is 3.38. The predicted molar refractivity (Wildman–Crippen MR) is 92.5 cm³/mol. The standard InChI is InChI=1S/C18H18FN5/c19-14-3-4-16-15(10-14)18(23-12-22-16)21-11-13-5-6-20-17(9-13)24-7-1-2-8-24/h3-6,9-10,12H,1-2,7-8,11H2,(H,21,22,23). The van der Waals surface area contributed by atoms with E-state index in [9.17, 15) is 4.39 Å². The second-order valence-corrected chi connectivity index (χ2v) is 5.95. The molecule has 5 nitrogen and oxygen atoms in total. The average molecular weight is 323 g/mol. The number of pyridine rings is 1. The molecular weight excluding hydrogens is 305 g/mol. The fraction of sp³-hybridized carbons (Fsp3) is 0.278. The number of benzene rings is 1. The van der Waals surface area contributed by atoms with E-state index in [1.807, 2.05) is 12.3 Å². The molecule has 0 saturated carbocycles. The topological polar surface area (TPSA) is 53.9 Å². The molecule has 122 valence electrons. The van der Waals surface area contributed by atoms with E-state index in [1.54, 1.807) is 6.07 Å². The zero-order valence-corrected chi connectivity index (χ0v) is 13.2. The lowest BCUT2D eigenvalue weighted by Crippen LogP contribution is -2.19. The molecular formula is C18H18FN5. The second kappa shape index (κ2) is 6.39. The van der Waals surface area contributed by atoms with Gasteiger partial charge < -0.3 is 10.2 Å². The quantitative estimate of drug-likeness (QED) is 0.798. The van der Waals surface area contributed by atoms with E-state index < -0.39 is 0 Å². The van der Waals surface area contributed by atoms with E-state index in [-0.39, 0.29) is 5.82 Å². The third-order valence-corrected chi connectivity index (χ3v) is 4.30. The number of hydrogen-bond acceptors (Lipinski definition) is 5. The Morgan fingerprint density at radius 2 is 1.92 bits per heavy atom. The number of hydrogen-bond donors (Lipinski definition) is 1. The lowest BCUT2D eigenvalue weighted by Gasteiger charge is -2.17. The van der Waals surface area contributed by atoms with Gasteiger partial charge in [0.2, 0.25) is 0 Å². The Hall–Kier alpha value is -2.76. The molecule has 1 N–H and O–H groups in total. The van der Waals surface area contributed by atoms with Gasteiger partial charge in [-0.15, -0.1) is 0 Å². The average Bonchev–Trinajstić information content (AvgIpc) is 3.15. The number of fused-ring (bicyclic) bond motifs is 1. The van der Waals surface area contributed by atoms with Crippen molar-refractivity contribution in [1.82, 2.24) is 15.0 Å². The molecule has 1 aromatic carbocycles. The molecule has 1 aliphatic rings. The summed E-state index contributed by atoms with van der Waals surface area (Å²) in [6.45, 7) is 2.74. The summed E-state index contributed by atoms with van der Waals surface area (Å²) in [5, 5.41) is 3.97. The molecule has 0 amide bonds. The van der Waals surface area contributed by atoms with E-state index in [2.05, 4.69) is 31.2 Å². The molecule has 6 heteroatoms. The Labute approximate surface area is 139 Å². The van der Waals surface area contributed by atoms with Gasteiger partial charge in [-0.3, -0.25) is 0 Å². The number of anilines is 2. The Kier molecular flexibility index (Phi) is 3.94. The maximum absolute atomic E-state index is 13.5. The van der Waals surface area contributed by atoms with Crippen molar-refractivity contribution >= 4 is 22.5 Å². The van der Waals surface area contributed by atoms with Crippen LogP contribution in [0.4, 0.5) is 16.0 Å². The molecule has 0 spiro atoms. The van der Waals surface area contributed by atoms with Gasteiger partial charge in [0.1, 0.15) is 23.8 Å². The van der Waals surface area contributed by atoms with E-state index in [0.717, 1.165) is 30.0 Å². The first-order chi connectivity index (χ1) is 11.8. The smallest absolute Gasteiger partial charge is 0.137 e. The van der Waals surface area contributed by atoms with Crippen LogP contribution in [0.15, 0.2) is 42.9 Å². The molecule has 0 unspecified atom stereocenters. The van der Waals surface area contributed by atoms with Crippen LogP contribution in [0.25, 0.3) is 10.9 Å². The Bertz CT molecular complexity index is 861. The van der Waals surface area contributed by atoms with Gasteiger partial charge >= 0.3 is 0 Å². The Morgan fingerprint density at radius 3 is 2.79 bits per heavy atom. The minimum Gasteiger partial charge on any atom is -0.365 e. The van der Waals surface area contributed by atoms with Crippen molar-refractivity contribution < 1.29 is 4.39 Å². The molecule has 3 heterocycles. The van der Waals surface area contributed by atoms with Crippen LogP contribution in [0, 0.1) is 5.82 Å². The highest BCUT2D eigenvalue weighted by Gasteiger charge is 2.13. The van der Waals surface area contributed by atoms with Crippen LogP contribution < -0.4 is 10.2 Å². The van der Waals surface area contributed by atoms with Crippen molar-refractivity contribution in [1.29, 1.82) is 0 Å². The first-order valence-electron chi connectivity index (χ1n) is 8.13. The molecule has 0 radical (unpaired) electrons. The molecule has 0 bridgehead atoms. The van der Waals surface area contributed by atoms with Gasteiger partial charge in [0.25, 0.3) is 0 Å². The van der Waals surface area contributed by atoms with Crippen LogP contribution in [-0.4, -0.2) is 28.0 Å². The van der Waals surface area contributed by atoms with Crippen LogP contribution in [0.1, 0.15) is 18.4 Å². The molecule has 24 heavy (non-hydrogen) atoms. The van der Waals surface area contributed by atoms with Crippen LogP contribution in [0.3, 0.4) is 0 Å². The summed E-state index contributed by atoms with van der Waals surface area (Å²) in [5.41, 5.74) is 1.84. The maximum Gasteiger partial charge on any atom is 0.137 e. The first kappa shape index (κ1) is 14.8. The zero-order chi connectivity index (χ0) is 16.4. The molecule has 1 saturated heterocycles. The number of rotatable bonds is 4. The molecule has 0 aliphatic carbocycles. The van der Waals surface area contributed by atoms with Crippen molar-refractivity contribution in [2.75, 3.05) is 23.3 Å². The number of nitrogens with zero attached hydrogens (tertiary/aromatic N) is 4. The molecule has 1 aliphatic heterocycles. The Morgan fingerprint density at radius 1 is 1.04 bits per heavy atom. The third kappa shape index (κ3) is 2.99. The molecule has 3 aromatic rings. The lowest BCUT2D eigenvalue weighted by atomic mass is 10.2. The lowest BCUT2D eigenvalue weighted by molar-refractivity contribution is 0.629. The van der Waals surface area contributed by atoms with Crippen LogP contribution in [0.5, 0.6) is 0 Å². The summed E-state index contributed by atoms with van der Waals surface area (Å²) in [7, 11) is 0. The fourth-order valence-corrected chi connectivity index (χ4v) is 3.05. The van der Waals surface area contributed by atoms with Crippen molar-refractivity contribution in [3.05, 3.63) is 54.2 Å². The SMILES string of the molecule is Fc1ccc2ncnc(NCc3ccnc(N4CCCC4)c3)c2c1. The fourth-order valence-electron chi connectivity index (χ4n) is 3.05. The first-order valence-corrected chi connectivity index (χ1v) is 8.13. The highest BCUT2D eigenvalue weighted by molar-refractivity contribution is 5.88. The molecule has 4 rings (SSSR count). The van der Waals surface area contributed by atoms with Crippen LogP contribution in [0.2, 0.25) is 0 Å². The highest BCUT2D eigenvalue weighted by atomic mass is 19.1.